The number of fused-ring (bicyclic) bond motifs is 1. The summed E-state index contributed by atoms with van der Waals surface area (Å²) in [5.74, 6) is 0. The van der Waals surface area contributed by atoms with E-state index >= 15 is 0 Å². The van der Waals surface area contributed by atoms with E-state index in [9.17, 15) is 0 Å². The van der Waals surface area contributed by atoms with Gasteiger partial charge >= 0.3 is 0 Å². The van der Waals surface area contributed by atoms with Crippen LogP contribution in [-0.4, -0.2) is 30.7 Å². The Morgan fingerprint density at radius 3 is 3.45 bits per heavy atom. The van der Waals surface area contributed by atoms with Crippen molar-refractivity contribution in [3.8, 4) is 0 Å². The second-order valence-corrected chi connectivity index (χ2v) is 2.87. The van der Waals surface area contributed by atoms with Gasteiger partial charge in [0.15, 0.2) is 6.17 Å². The number of rotatable bonds is 0. The van der Waals surface area contributed by atoms with E-state index in [2.05, 4.69) is 21.4 Å². The molecule has 2 rings (SSSR count). The van der Waals surface area contributed by atoms with Crippen molar-refractivity contribution in [2.75, 3.05) is 6.54 Å². The Bertz CT molecular complexity index is 240. The maximum absolute atomic E-state index is 4.41. The SMILES string of the molecule is CC1=NC2N=CC=CC2NC1. The van der Waals surface area contributed by atoms with Crippen LogP contribution in [0.1, 0.15) is 6.92 Å². The summed E-state index contributed by atoms with van der Waals surface area (Å²) in [6, 6.07) is 0.323. The van der Waals surface area contributed by atoms with Gasteiger partial charge in [0.2, 0.25) is 0 Å². The van der Waals surface area contributed by atoms with Crippen LogP contribution in [0.3, 0.4) is 0 Å². The maximum atomic E-state index is 4.41. The summed E-state index contributed by atoms with van der Waals surface area (Å²) in [6.45, 7) is 2.91. The van der Waals surface area contributed by atoms with Gasteiger partial charge in [-0.3, -0.25) is 9.98 Å². The second kappa shape index (κ2) is 2.58. The zero-order chi connectivity index (χ0) is 7.68. The molecular formula is C8H11N3. The predicted molar refractivity (Wildman–Crippen MR) is 46.3 cm³/mol. The first-order valence-electron chi connectivity index (χ1n) is 3.83. The molecular weight excluding hydrogens is 138 g/mol. The molecule has 0 aromatic heterocycles. The van der Waals surface area contributed by atoms with Gasteiger partial charge in [-0.05, 0) is 13.0 Å². The van der Waals surface area contributed by atoms with E-state index in [0.717, 1.165) is 12.3 Å². The third-order valence-corrected chi connectivity index (χ3v) is 1.91. The Balaban J connectivity index is 2.22. The smallest absolute Gasteiger partial charge is 0.158 e. The molecule has 0 fully saturated rings. The van der Waals surface area contributed by atoms with Crippen LogP contribution in [0.2, 0.25) is 0 Å². The molecule has 0 amide bonds. The molecule has 58 valence electrons. The van der Waals surface area contributed by atoms with Gasteiger partial charge in [0, 0.05) is 18.5 Å². The van der Waals surface area contributed by atoms with Crippen molar-refractivity contribution in [1.29, 1.82) is 0 Å². The Labute approximate surface area is 65.9 Å². The molecule has 2 unspecified atom stereocenters. The Morgan fingerprint density at radius 1 is 1.64 bits per heavy atom. The molecule has 2 atom stereocenters. The molecule has 0 aliphatic carbocycles. The quantitative estimate of drug-likeness (QED) is 0.531. The fourth-order valence-corrected chi connectivity index (χ4v) is 1.32. The summed E-state index contributed by atoms with van der Waals surface area (Å²) in [7, 11) is 0. The monoisotopic (exact) mass is 149 g/mol. The molecule has 0 radical (unpaired) electrons. The van der Waals surface area contributed by atoms with Crippen LogP contribution >= 0.6 is 0 Å². The number of nitrogens with zero attached hydrogens (tertiary/aromatic N) is 2. The molecule has 2 heterocycles. The van der Waals surface area contributed by atoms with E-state index < -0.39 is 0 Å². The van der Waals surface area contributed by atoms with Crippen LogP contribution in [0, 0.1) is 0 Å². The lowest BCUT2D eigenvalue weighted by atomic mass is 10.1. The first kappa shape index (κ1) is 6.73. The lowest BCUT2D eigenvalue weighted by Crippen LogP contribution is -2.44. The summed E-state index contributed by atoms with van der Waals surface area (Å²) in [4.78, 5) is 8.65. The average molecular weight is 149 g/mol. The normalized spacial score (nSPS) is 34.8. The van der Waals surface area contributed by atoms with Crippen molar-refractivity contribution >= 4 is 11.9 Å². The van der Waals surface area contributed by atoms with Crippen LogP contribution in [0.25, 0.3) is 0 Å². The molecule has 0 spiro atoms. The minimum Gasteiger partial charge on any atom is -0.302 e. The molecule has 1 N–H and O–H groups in total. The standard InChI is InChI=1S/C8H11N3/c1-6-5-10-7-3-2-4-9-8(7)11-6/h2-4,7-8,10H,5H2,1H3. The zero-order valence-corrected chi connectivity index (χ0v) is 6.49. The average Bonchev–Trinajstić information content (AvgIpc) is 2.04. The van der Waals surface area contributed by atoms with Crippen LogP contribution in [0.4, 0.5) is 0 Å². The molecule has 0 aromatic rings. The largest absolute Gasteiger partial charge is 0.302 e. The van der Waals surface area contributed by atoms with Gasteiger partial charge in [0.25, 0.3) is 0 Å². The molecule has 2 aliphatic rings. The minimum atomic E-state index is 0.0914. The summed E-state index contributed by atoms with van der Waals surface area (Å²) >= 11 is 0. The van der Waals surface area contributed by atoms with Crippen LogP contribution < -0.4 is 5.32 Å². The highest BCUT2D eigenvalue weighted by Crippen LogP contribution is 2.10. The van der Waals surface area contributed by atoms with Gasteiger partial charge in [-0.15, -0.1) is 0 Å². The highest BCUT2D eigenvalue weighted by atomic mass is 15.1. The van der Waals surface area contributed by atoms with Crippen molar-refractivity contribution in [1.82, 2.24) is 5.32 Å². The van der Waals surface area contributed by atoms with E-state index in [0.29, 0.717) is 6.04 Å². The molecule has 3 nitrogen and oxygen atoms in total. The van der Waals surface area contributed by atoms with Gasteiger partial charge < -0.3 is 5.32 Å². The van der Waals surface area contributed by atoms with Crippen molar-refractivity contribution in [2.24, 2.45) is 9.98 Å². The van der Waals surface area contributed by atoms with Crippen molar-refractivity contribution in [3.63, 3.8) is 0 Å². The molecule has 0 saturated carbocycles. The molecule has 0 aromatic carbocycles. The minimum absolute atomic E-state index is 0.0914. The summed E-state index contributed by atoms with van der Waals surface area (Å²) < 4.78 is 0. The summed E-state index contributed by atoms with van der Waals surface area (Å²) in [6.07, 6.45) is 5.97. The van der Waals surface area contributed by atoms with E-state index in [4.69, 9.17) is 0 Å². The van der Waals surface area contributed by atoms with Crippen LogP contribution in [-0.2, 0) is 0 Å². The van der Waals surface area contributed by atoms with E-state index in [1.807, 2.05) is 19.2 Å². The summed E-state index contributed by atoms with van der Waals surface area (Å²) in [5, 5.41) is 3.34. The van der Waals surface area contributed by atoms with E-state index in [-0.39, 0.29) is 6.17 Å². The van der Waals surface area contributed by atoms with Crippen LogP contribution in [0.15, 0.2) is 22.1 Å². The lowest BCUT2D eigenvalue weighted by molar-refractivity contribution is 0.511. The Morgan fingerprint density at radius 2 is 2.55 bits per heavy atom. The number of dihydropyridines is 1. The fraction of sp³-hybridized carbons (Fsp3) is 0.500. The third kappa shape index (κ3) is 1.24. The van der Waals surface area contributed by atoms with Crippen molar-refractivity contribution < 1.29 is 0 Å². The molecule has 3 heteroatoms. The molecule has 0 saturated heterocycles. The first-order chi connectivity index (χ1) is 5.36. The highest BCUT2D eigenvalue weighted by molar-refractivity contribution is 5.85. The zero-order valence-electron chi connectivity index (χ0n) is 6.49. The van der Waals surface area contributed by atoms with Gasteiger partial charge in [-0.2, -0.15) is 0 Å². The predicted octanol–water partition coefficient (Wildman–Crippen LogP) is 0.386. The maximum Gasteiger partial charge on any atom is 0.158 e. The lowest BCUT2D eigenvalue weighted by Gasteiger charge is -2.26. The van der Waals surface area contributed by atoms with Crippen molar-refractivity contribution in [2.45, 2.75) is 19.1 Å². The Kier molecular flexibility index (Phi) is 1.58. The van der Waals surface area contributed by atoms with Gasteiger partial charge in [-0.25, -0.2) is 0 Å². The number of nitrogens with one attached hydrogen (secondary N) is 1. The highest BCUT2D eigenvalue weighted by Gasteiger charge is 2.21. The van der Waals surface area contributed by atoms with Crippen molar-refractivity contribution in [3.05, 3.63) is 12.2 Å². The topological polar surface area (TPSA) is 36.8 Å². The van der Waals surface area contributed by atoms with Gasteiger partial charge in [0.05, 0.1) is 6.04 Å². The number of aliphatic imine (C=N–C) groups is 2. The summed E-state index contributed by atoms with van der Waals surface area (Å²) in [5.41, 5.74) is 1.14. The fourth-order valence-electron chi connectivity index (χ4n) is 1.32. The van der Waals surface area contributed by atoms with Crippen LogP contribution in [0.5, 0.6) is 0 Å². The number of hydrogen-bond donors (Lipinski definition) is 1. The number of hydrogen-bond acceptors (Lipinski definition) is 3. The molecule has 11 heavy (non-hydrogen) atoms. The number of allylic oxidation sites excluding steroid dienone is 1. The Hall–Kier alpha value is -0.960. The van der Waals surface area contributed by atoms with Gasteiger partial charge in [0.1, 0.15) is 0 Å². The second-order valence-electron chi connectivity index (χ2n) is 2.87. The molecule has 2 aliphatic heterocycles. The third-order valence-electron chi connectivity index (χ3n) is 1.91. The van der Waals surface area contributed by atoms with E-state index in [1.165, 1.54) is 0 Å². The van der Waals surface area contributed by atoms with Gasteiger partial charge in [-0.1, -0.05) is 6.08 Å². The molecule has 0 bridgehead atoms. The van der Waals surface area contributed by atoms with E-state index in [1.54, 1.807) is 0 Å². The first-order valence-corrected chi connectivity index (χ1v) is 3.83.